The summed E-state index contributed by atoms with van der Waals surface area (Å²) in [5.41, 5.74) is 0.524. The fourth-order valence-corrected chi connectivity index (χ4v) is 4.74. The second-order valence-corrected chi connectivity index (χ2v) is 8.86. The smallest absolute Gasteiger partial charge is 0.217 e. The van der Waals surface area contributed by atoms with Crippen molar-refractivity contribution in [3.05, 3.63) is 86.6 Å². The van der Waals surface area contributed by atoms with Crippen LogP contribution in [0.2, 0.25) is 0 Å². The van der Waals surface area contributed by atoms with E-state index in [2.05, 4.69) is 27.3 Å². The van der Waals surface area contributed by atoms with E-state index < -0.39 is 17.7 Å². The summed E-state index contributed by atoms with van der Waals surface area (Å²) in [5.74, 6) is 1.28. The third-order valence-electron chi connectivity index (χ3n) is 6.10. The average Bonchev–Trinajstić information content (AvgIpc) is 3.62. The van der Waals surface area contributed by atoms with Gasteiger partial charge in [0.1, 0.15) is 6.07 Å². The Morgan fingerprint density at radius 3 is 2.48 bits per heavy atom. The first-order chi connectivity index (χ1) is 14.9. The first-order valence-corrected chi connectivity index (χ1v) is 10.8. The Kier molecular flexibility index (Phi) is 5.52. The fraction of sp³-hybridized carbons (Fsp3) is 0.292. The zero-order valence-electron chi connectivity index (χ0n) is 16.9. The largest absolute Gasteiger partial charge is 0.762 e. The van der Waals surface area contributed by atoms with Crippen LogP contribution in [-0.2, 0) is 0 Å². The normalized spacial score (nSPS) is 25.1. The predicted molar refractivity (Wildman–Crippen MR) is 118 cm³/mol. The molecule has 0 saturated heterocycles. The van der Waals surface area contributed by atoms with Crippen molar-refractivity contribution in [2.75, 3.05) is 0 Å². The van der Waals surface area contributed by atoms with Crippen LogP contribution in [0, 0.1) is 35.5 Å². The second-order valence-electron chi connectivity index (χ2n) is 7.95. The molecule has 2 aliphatic rings. The molecule has 0 spiro atoms. The molecule has 0 amide bonds. The van der Waals surface area contributed by atoms with Gasteiger partial charge in [0, 0.05) is 29.4 Å². The molecule has 3 atom stereocenters. The molecule has 0 unspecified atom stereocenters. The van der Waals surface area contributed by atoms with Gasteiger partial charge in [-0.1, -0.05) is 34.1 Å². The molecule has 2 aromatic rings. The van der Waals surface area contributed by atoms with Gasteiger partial charge in [-0.05, 0) is 30.5 Å². The number of aryl methyl sites for hydroxylation is 1. The van der Waals surface area contributed by atoms with E-state index >= 15 is 0 Å². The van der Waals surface area contributed by atoms with Crippen molar-refractivity contribution in [1.29, 1.82) is 10.5 Å². The molecule has 0 bridgehead atoms. The molecule has 1 aromatic heterocycles. The molecule has 154 valence electrons. The summed E-state index contributed by atoms with van der Waals surface area (Å²) < 4.78 is 2.89. The van der Waals surface area contributed by atoms with Gasteiger partial charge >= 0.3 is 0 Å². The highest BCUT2D eigenvalue weighted by molar-refractivity contribution is 9.10. The Balaban J connectivity index is 2.06. The highest BCUT2D eigenvalue weighted by atomic mass is 79.9. The summed E-state index contributed by atoms with van der Waals surface area (Å²) in [5, 5.41) is 44.4. The summed E-state index contributed by atoms with van der Waals surface area (Å²) in [4.78, 5) is 0. The number of allylic oxidation sites excluding steroid dienone is 2. The van der Waals surface area contributed by atoms with E-state index in [-0.39, 0.29) is 22.8 Å². The summed E-state index contributed by atoms with van der Waals surface area (Å²) in [6.07, 6.45) is 3.55. The summed E-state index contributed by atoms with van der Waals surface area (Å²) in [6.45, 7) is 1.96. The van der Waals surface area contributed by atoms with Gasteiger partial charge in [-0.2, -0.15) is 15.1 Å². The number of nitriles is 2. The zero-order valence-corrected chi connectivity index (χ0v) is 18.5. The van der Waals surface area contributed by atoms with E-state index in [9.17, 15) is 21.0 Å². The van der Waals surface area contributed by atoms with Crippen LogP contribution in [0.4, 0.5) is 0 Å². The quantitative estimate of drug-likeness (QED) is 0.402. The Labute approximate surface area is 189 Å². The number of halogens is 1. The lowest BCUT2D eigenvalue weighted by Gasteiger charge is -2.43. The number of benzene rings is 1. The molecule has 1 saturated carbocycles. The van der Waals surface area contributed by atoms with Gasteiger partial charge < -0.3 is 15.8 Å². The lowest BCUT2D eigenvalue weighted by molar-refractivity contribution is -0.747. The Morgan fingerprint density at radius 2 is 1.94 bits per heavy atom. The van der Waals surface area contributed by atoms with Crippen molar-refractivity contribution in [2.24, 2.45) is 5.92 Å². The Morgan fingerprint density at radius 1 is 1.23 bits per heavy atom. The fourth-order valence-electron chi connectivity index (χ4n) is 4.48. The third kappa shape index (κ3) is 3.58. The van der Waals surface area contributed by atoms with Crippen molar-refractivity contribution < 1.29 is 9.67 Å². The lowest BCUT2D eigenvalue weighted by atomic mass is 9.73. The highest BCUT2D eigenvalue weighted by Gasteiger charge is 2.61. The standard InChI is InChI=1S/C24H20BrN5O/c1-15-4-2-3-11-30(15)23-21(16-5-9-19(25)10-6-16)20(14-28)22(17(12-26)13-27)29-24(23,31)18-7-8-18/h2-6,9-11,18,21,23,29,31H,7-8H2,1H3/t21-,23+,24+/m1/s1. The highest BCUT2D eigenvalue weighted by Crippen LogP contribution is 2.52. The molecule has 2 heterocycles. The number of aromatic nitrogens is 1. The van der Waals surface area contributed by atoms with Crippen LogP contribution in [0.15, 0.2) is 70.0 Å². The van der Waals surface area contributed by atoms with Crippen molar-refractivity contribution in [1.82, 2.24) is 5.32 Å². The Hall–Kier alpha value is -3.22. The van der Waals surface area contributed by atoms with Gasteiger partial charge in [-0.15, -0.1) is 0 Å². The maximum absolute atomic E-state index is 12.0. The monoisotopic (exact) mass is 473 g/mol. The minimum Gasteiger partial charge on any atom is -0.762 e. The average molecular weight is 474 g/mol. The van der Waals surface area contributed by atoms with Crippen LogP contribution >= 0.6 is 15.9 Å². The van der Waals surface area contributed by atoms with Crippen LogP contribution in [0.1, 0.15) is 36.1 Å². The number of aliphatic hydroxyl groups is 1. The molecule has 1 aliphatic carbocycles. The SMILES string of the molecule is Cc1cccc[n+]1[C@H]1[C@H](c2ccc(Br)cc2)C(C#N)=C(C(=C=[N-])C#N)N[C@]1(O)C1CC1. The lowest BCUT2D eigenvalue weighted by Crippen LogP contribution is -2.66. The maximum Gasteiger partial charge on any atom is 0.217 e. The molecule has 1 fully saturated rings. The topological polar surface area (TPSA) is 106 Å². The number of rotatable bonds is 4. The third-order valence-corrected chi connectivity index (χ3v) is 6.63. The van der Waals surface area contributed by atoms with E-state index in [0.717, 1.165) is 28.6 Å². The van der Waals surface area contributed by atoms with Gasteiger partial charge in [0.05, 0.1) is 28.8 Å². The van der Waals surface area contributed by atoms with Crippen LogP contribution in [-0.4, -0.2) is 16.7 Å². The van der Waals surface area contributed by atoms with Crippen molar-refractivity contribution in [3.8, 4) is 12.1 Å². The van der Waals surface area contributed by atoms with E-state index in [4.69, 9.17) is 0 Å². The minimum absolute atomic E-state index is 0.0589. The van der Waals surface area contributed by atoms with Gasteiger partial charge in [0.2, 0.25) is 11.8 Å². The zero-order chi connectivity index (χ0) is 22.2. The Bertz CT molecular complexity index is 1200. The van der Waals surface area contributed by atoms with E-state index in [1.54, 1.807) is 0 Å². The van der Waals surface area contributed by atoms with E-state index in [1.807, 2.05) is 72.1 Å². The summed E-state index contributed by atoms with van der Waals surface area (Å²) in [7, 11) is 0. The number of hydrogen-bond acceptors (Lipinski definition) is 4. The van der Waals surface area contributed by atoms with Crippen molar-refractivity contribution in [3.63, 3.8) is 0 Å². The molecule has 0 radical (unpaired) electrons. The van der Waals surface area contributed by atoms with Crippen LogP contribution in [0.3, 0.4) is 0 Å². The second kappa shape index (κ2) is 8.13. The van der Waals surface area contributed by atoms with Crippen LogP contribution in [0.25, 0.3) is 5.41 Å². The maximum atomic E-state index is 12.0. The number of nitrogens with zero attached hydrogens (tertiary/aromatic N) is 4. The molecular formula is C24H20BrN5O. The van der Waals surface area contributed by atoms with Gasteiger partial charge in [-0.3, -0.25) is 0 Å². The van der Waals surface area contributed by atoms with Crippen LogP contribution in [0.5, 0.6) is 0 Å². The summed E-state index contributed by atoms with van der Waals surface area (Å²) in [6, 6.07) is 17.0. The molecule has 1 aromatic carbocycles. The molecular weight excluding hydrogens is 454 g/mol. The number of nitrogens with one attached hydrogen (secondary N) is 1. The van der Waals surface area contributed by atoms with Crippen molar-refractivity contribution >= 4 is 21.8 Å². The van der Waals surface area contributed by atoms with E-state index in [0.29, 0.717) is 0 Å². The number of hydrogen-bond donors (Lipinski definition) is 2. The summed E-state index contributed by atoms with van der Waals surface area (Å²) >= 11 is 3.45. The molecule has 7 heteroatoms. The van der Waals surface area contributed by atoms with Crippen LogP contribution < -0.4 is 9.88 Å². The minimum atomic E-state index is -1.43. The first kappa shape index (κ1) is 21.0. The van der Waals surface area contributed by atoms with Gasteiger partial charge in [0.25, 0.3) is 0 Å². The molecule has 4 rings (SSSR count). The molecule has 6 nitrogen and oxygen atoms in total. The van der Waals surface area contributed by atoms with Gasteiger partial charge in [-0.25, -0.2) is 5.87 Å². The van der Waals surface area contributed by atoms with E-state index in [1.165, 1.54) is 0 Å². The van der Waals surface area contributed by atoms with Gasteiger partial charge in [0.15, 0.2) is 11.9 Å². The first-order valence-electron chi connectivity index (χ1n) is 9.99. The molecule has 2 N–H and O–H groups in total. The number of pyridine rings is 1. The predicted octanol–water partition coefficient (Wildman–Crippen LogP) is 3.54. The molecule has 1 aliphatic heterocycles. The van der Waals surface area contributed by atoms with Crippen molar-refractivity contribution in [2.45, 2.75) is 37.5 Å². The molecule has 31 heavy (non-hydrogen) atoms.